The summed E-state index contributed by atoms with van der Waals surface area (Å²) in [6.07, 6.45) is -3.85. The predicted octanol–water partition coefficient (Wildman–Crippen LogP) is 3.78. The lowest BCUT2D eigenvalue weighted by molar-refractivity contribution is -0.393. The van der Waals surface area contributed by atoms with Crippen molar-refractivity contribution < 1.29 is 27.4 Å². The number of furan rings is 1. The van der Waals surface area contributed by atoms with Gasteiger partial charge in [-0.25, -0.2) is 0 Å². The Balaban J connectivity index is 2.85. The van der Waals surface area contributed by atoms with Gasteiger partial charge in [0.2, 0.25) is 0 Å². The molecule has 110 valence electrons. The molecule has 0 saturated heterocycles. The van der Waals surface area contributed by atoms with Gasteiger partial charge in [0.25, 0.3) is 11.4 Å². The van der Waals surface area contributed by atoms with Crippen LogP contribution in [0.15, 0.2) is 34.9 Å². The molecule has 2 aromatic rings. The molecule has 0 bridgehead atoms. The molecule has 0 N–H and O–H groups in total. The van der Waals surface area contributed by atoms with Gasteiger partial charge >= 0.3 is 6.18 Å². The number of nitrogens with zero attached hydrogens (tertiary/aromatic N) is 2. The summed E-state index contributed by atoms with van der Waals surface area (Å²) in [5.74, 6) is -0.262. The van der Waals surface area contributed by atoms with E-state index < -0.39 is 38.5 Å². The summed E-state index contributed by atoms with van der Waals surface area (Å²) in [6, 6.07) is 2.97. The molecule has 7 nitrogen and oxygen atoms in total. The van der Waals surface area contributed by atoms with E-state index in [2.05, 4.69) is 0 Å². The summed E-state index contributed by atoms with van der Waals surface area (Å²) >= 11 is 0. The second-order valence-electron chi connectivity index (χ2n) is 3.88. The summed E-state index contributed by atoms with van der Waals surface area (Å²) in [6.45, 7) is 0. The largest absolute Gasteiger partial charge is 0.464 e. The average molecular weight is 302 g/mol. The molecule has 0 aliphatic rings. The normalized spacial score (nSPS) is 11.4. The highest BCUT2D eigenvalue weighted by Gasteiger charge is 2.38. The lowest BCUT2D eigenvalue weighted by Gasteiger charge is -2.08. The van der Waals surface area contributed by atoms with Crippen molar-refractivity contribution in [3.05, 3.63) is 56.3 Å². The van der Waals surface area contributed by atoms with Crippen molar-refractivity contribution in [3.8, 4) is 11.3 Å². The SMILES string of the molecule is O=[N+]([O-])c1cc(C(F)(F)F)cc([N+](=O)[O-])c1-c1ccco1. The molecule has 10 heteroatoms. The predicted molar refractivity (Wildman–Crippen MR) is 62.5 cm³/mol. The maximum atomic E-state index is 12.7. The summed E-state index contributed by atoms with van der Waals surface area (Å²) < 4.78 is 42.9. The number of hydrogen-bond acceptors (Lipinski definition) is 5. The molecule has 0 radical (unpaired) electrons. The third kappa shape index (κ3) is 2.68. The maximum Gasteiger partial charge on any atom is 0.416 e. The van der Waals surface area contributed by atoms with Crippen LogP contribution in [0, 0.1) is 20.2 Å². The molecule has 0 amide bonds. The number of benzene rings is 1. The monoisotopic (exact) mass is 302 g/mol. The van der Waals surface area contributed by atoms with Crippen molar-refractivity contribution >= 4 is 11.4 Å². The fourth-order valence-corrected chi connectivity index (χ4v) is 1.74. The quantitative estimate of drug-likeness (QED) is 0.634. The number of rotatable bonds is 3. The van der Waals surface area contributed by atoms with Crippen LogP contribution in [0.1, 0.15) is 5.56 Å². The van der Waals surface area contributed by atoms with Gasteiger partial charge in [0.05, 0.1) is 21.7 Å². The highest BCUT2D eigenvalue weighted by atomic mass is 19.4. The van der Waals surface area contributed by atoms with E-state index in [0.717, 1.165) is 6.26 Å². The van der Waals surface area contributed by atoms with Crippen LogP contribution in [0.5, 0.6) is 0 Å². The van der Waals surface area contributed by atoms with E-state index in [1.165, 1.54) is 12.1 Å². The Morgan fingerprint density at radius 2 is 1.57 bits per heavy atom. The third-order valence-corrected chi connectivity index (χ3v) is 2.59. The van der Waals surface area contributed by atoms with Crippen LogP contribution in [-0.4, -0.2) is 9.85 Å². The fraction of sp³-hybridized carbons (Fsp3) is 0.0909. The van der Waals surface area contributed by atoms with Crippen molar-refractivity contribution in [1.29, 1.82) is 0 Å². The van der Waals surface area contributed by atoms with E-state index in [9.17, 15) is 33.4 Å². The lowest BCUT2D eigenvalue weighted by atomic mass is 10.0. The first kappa shape index (κ1) is 14.5. The van der Waals surface area contributed by atoms with Gasteiger partial charge in [0.1, 0.15) is 5.76 Å². The van der Waals surface area contributed by atoms with Crippen molar-refractivity contribution in [2.75, 3.05) is 0 Å². The van der Waals surface area contributed by atoms with Crippen LogP contribution in [0.4, 0.5) is 24.5 Å². The van der Waals surface area contributed by atoms with Gasteiger partial charge in [-0.1, -0.05) is 0 Å². The molecular weight excluding hydrogens is 297 g/mol. The van der Waals surface area contributed by atoms with E-state index >= 15 is 0 Å². The van der Waals surface area contributed by atoms with Gasteiger partial charge in [0, 0.05) is 12.1 Å². The molecule has 1 aromatic heterocycles. The van der Waals surface area contributed by atoms with Crippen LogP contribution in [-0.2, 0) is 6.18 Å². The molecule has 0 atom stereocenters. The summed E-state index contributed by atoms with van der Waals surface area (Å²) in [7, 11) is 0. The summed E-state index contributed by atoms with van der Waals surface area (Å²) in [5.41, 5.74) is -4.18. The minimum atomic E-state index is -4.95. The molecule has 1 heterocycles. The van der Waals surface area contributed by atoms with Gasteiger partial charge in [0.15, 0.2) is 5.56 Å². The molecule has 0 aliphatic carbocycles. The van der Waals surface area contributed by atoms with E-state index in [-0.39, 0.29) is 17.9 Å². The second kappa shape index (κ2) is 4.89. The number of nitro groups is 2. The number of nitro benzene ring substituents is 2. The van der Waals surface area contributed by atoms with E-state index in [1.54, 1.807) is 0 Å². The highest BCUT2D eigenvalue weighted by Crippen LogP contribution is 2.43. The zero-order valence-electron chi connectivity index (χ0n) is 9.96. The Bertz CT molecular complexity index is 674. The Kier molecular flexibility index (Phi) is 3.37. The number of alkyl halides is 3. The molecule has 0 fully saturated rings. The zero-order chi connectivity index (χ0) is 15.8. The Labute approximate surface area is 113 Å². The molecule has 0 unspecified atom stereocenters. The van der Waals surface area contributed by atoms with Crippen molar-refractivity contribution in [2.24, 2.45) is 0 Å². The minimum absolute atomic E-state index is 0.241. The van der Waals surface area contributed by atoms with Crippen molar-refractivity contribution in [3.63, 3.8) is 0 Å². The second-order valence-corrected chi connectivity index (χ2v) is 3.88. The first-order valence-electron chi connectivity index (χ1n) is 5.29. The fourth-order valence-electron chi connectivity index (χ4n) is 1.74. The lowest BCUT2D eigenvalue weighted by Crippen LogP contribution is -2.08. The smallest absolute Gasteiger partial charge is 0.416 e. The van der Waals surface area contributed by atoms with Crippen molar-refractivity contribution in [2.45, 2.75) is 6.18 Å². The highest BCUT2D eigenvalue weighted by molar-refractivity contribution is 5.80. The molecular formula is C11H5F3N2O5. The number of hydrogen-bond donors (Lipinski definition) is 0. The first-order valence-corrected chi connectivity index (χ1v) is 5.29. The van der Waals surface area contributed by atoms with Gasteiger partial charge in [-0.05, 0) is 12.1 Å². The first-order chi connectivity index (χ1) is 9.71. The van der Waals surface area contributed by atoms with Gasteiger partial charge in [-0.15, -0.1) is 0 Å². The van der Waals surface area contributed by atoms with Crippen LogP contribution in [0.2, 0.25) is 0 Å². The van der Waals surface area contributed by atoms with Gasteiger partial charge < -0.3 is 4.42 Å². The Morgan fingerprint density at radius 3 is 1.90 bits per heavy atom. The molecule has 0 aliphatic heterocycles. The molecule has 21 heavy (non-hydrogen) atoms. The van der Waals surface area contributed by atoms with E-state index in [4.69, 9.17) is 4.42 Å². The Hall–Kier alpha value is -2.91. The van der Waals surface area contributed by atoms with Crippen LogP contribution < -0.4 is 0 Å². The van der Waals surface area contributed by atoms with Crippen LogP contribution in [0.3, 0.4) is 0 Å². The maximum absolute atomic E-state index is 12.7. The molecule has 0 spiro atoms. The van der Waals surface area contributed by atoms with Gasteiger partial charge in [-0.2, -0.15) is 13.2 Å². The standard InChI is InChI=1S/C11H5F3N2O5/c12-11(13,14)6-4-7(15(17)18)10(8(5-6)16(19)20)9-2-1-3-21-9/h1-5H. The molecule has 0 saturated carbocycles. The Morgan fingerprint density at radius 1 is 1.05 bits per heavy atom. The third-order valence-electron chi connectivity index (χ3n) is 2.59. The summed E-state index contributed by atoms with van der Waals surface area (Å²) in [4.78, 5) is 19.6. The van der Waals surface area contributed by atoms with Gasteiger partial charge in [-0.3, -0.25) is 20.2 Å². The van der Waals surface area contributed by atoms with Crippen LogP contribution >= 0.6 is 0 Å². The van der Waals surface area contributed by atoms with Crippen molar-refractivity contribution in [1.82, 2.24) is 0 Å². The molecule has 2 rings (SSSR count). The van der Waals surface area contributed by atoms with E-state index in [0.29, 0.717) is 0 Å². The zero-order valence-corrected chi connectivity index (χ0v) is 9.96. The number of halogens is 3. The average Bonchev–Trinajstić information content (AvgIpc) is 2.89. The minimum Gasteiger partial charge on any atom is -0.464 e. The summed E-state index contributed by atoms with van der Waals surface area (Å²) in [5, 5.41) is 21.9. The van der Waals surface area contributed by atoms with Crippen LogP contribution in [0.25, 0.3) is 11.3 Å². The van der Waals surface area contributed by atoms with E-state index in [1.807, 2.05) is 0 Å². The topological polar surface area (TPSA) is 99.4 Å². The molecule has 1 aromatic carbocycles.